The average Bonchev–Trinajstić information content (AvgIpc) is 2.40. The van der Waals surface area contributed by atoms with Gasteiger partial charge in [0.25, 0.3) is 0 Å². The van der Waals surface area contributed by atoms with E-state index in [0.29, 0.717) is 0 Å². The number of rotatable bonds is 0. The molecular weight excluding hydrogens is 221 g/mol. The number of nitrogens with one attached hydrogen (secondary N) is 1. The summed E-state index contributed by atoms with van der Waals surface area (Å²) in [5.74, 6) is 0.223. The molecule has 0 unspecified atom stereocenters. The summed E-state index contributed by atoms with van der Waals surface area (Å²) in [6.07, 6.45) is 0. The van der Waals surface area contributed by atoms with Crippen LogP contribution in [0.3, 0.4) is 0 Å². The van der Waals surface area contributed by atoms with E-state index >= 15 is 0 Å². The van der Waals surface area contributed by atoms with E-state index in [9.17, 15) is 0 Å². The van der Waals surface area contributed by atoms with Crippen LogP contribution in [0.15, 0.2) is 30.3 Å². The fraction of sp³-hybridized carbons (Fsp3) is 0. The third-order valence-electron chi connectivity index (χ3n) is 1.52. The predicted octanol–water partition coefficient (Wildman–Crippen LogP) is 0.945. The third-order valence-corrected chi connectivity index (χ3v) is 1.52. The van der Waals surface area contributed by atoms with Crippen molar-refractivity contribution in [3.63, 3.8) is 0 Å². The zero-order chi connectivity index (χ0) is 11.5. The molecule has 0 amide bonds. The number of para-hydroxylation sites is 1. The SMILES string of the molecule is O=P(O)(O)O.Oc1cc2ccccc2[nH]1. The Morgan fingerprint density at radius 3 is 2.20 bits per heavy atom. The Kier molecular flexibility index (Phi) is 3.49. The molecular formula is C8H10NO5P. The molecule has 0 atom stereocenters. The number of aromatic hydroxyl groups is 1. The number of benzene rings is 1. The van der Waals surface area contributed by atoms with Crippen LogP contribution in [0.4, 0.5) is 0 Å². The van der Waals surface area contributed by atoms with Gasteiger partial charge in [0.2, 0.25) is 0 Å². The quantitative estimate of drug-likeness (QED) is 0.433. The van der Waals surface area contributed by atoms with Gasteiger partial charge in [-0.2, -0.15) is 0 Å². The van der Waals surface area contributed by atoms with Crippen molar-refractivity contribution in [1.82, 2.24) is 4.98 Å². The maximum atomic E-state index is 9.00. The molecule has 5 N–H and O–H groups in total. The van der Waals surface area contributed by atoms with Crippen molar-refractivity contribution in [2.45, 2.75) is 0 Å². The first-order valence-electron chi connectivity index (χ1n) is 3.91. The van der Waals surface area contributed by atoms with Gasteiger partial charge in [-0.15, -0.1) is 0 Å². The van der Waals surface area contributed by atoms with Crippen molar-refractivity contribution in [2.75, 3.05) is 0 Å². The van der Waals surface area contributed by atoms with Crippen LogP contribution in [-0.4, -0.2) is 24.8 Å². The first-order chi connectivity index (χ1) is 6.86. The molecule has 0 spiro atoms. The summed E-state index contributed by atoms with van der Waals surface area (Å²) in [4.78, 5) is 24.4. The molecule has 0 aliphatic heterocycles. The van der Waals surface area contributed by atoms with E-state index in [-0.39, 0.29) is 5.88 Å². The summed E-state index contributed by atoms with van der Waals surface area (Å²) >= 11 is 0. The lowest BCUT2D eigenvalue weighted by Gasteiger charge is -1.83. The molecule has 1 heterocycles. The Hall–Kier alpha value is -1.33. The van der Waals surface area contributed by atoms with E-state index in [1.165, 1.54) is 0 Å². The van der Waals surface area contributed by atoms with Crippen molar-refractivity contribution in [3.8, 4) is 5.88 Å². The Morgan fingerprint density at radius 2 is 1.67 bits per heavy atom. The van der Waals surface area contributed by atoms with Gasteiger partial charge in [0.1, 0.15) is 0 Å². The van der Waals surface area contributed by atoms with E-state index in [4.69, 9.17) is 24.4 Å². The molecule has 15 heavy (non-hydrogen) atoms. The van der Waals surface area contributed by atoms with Crippen molar-refractivity contribution in [3.05, 3.63) is 30.3 Å². The molecule has 0 fully saturated rings. The zero-order valence-electron chi connectivity index (χ0n) is 7.53. The lowest BCUT2D eigenvalue weighted by atomic mass is 10.3. The van der Waals surface area contributed by atoms with Crippen LogP contribution >= 0.6 is 7.82 Å². The summed E-state index contributed by atoms with van der Waals surface area (Å²) in [7, 11) is -4.64. The molecule has 7 heteroatoms. The number of H-pyrrole nitrogens is 1. The molecule has 0 saturated heterocycles. The largest absolute Gasteiger partial charge is 0.495 e. The molecule has 2 rings (SSSR count). The first kappa shape index (κ1) is 11.7. The normalized spacial score (nSPS) is 10.9. The Balaban J connectivity index is 0.000000195. The molecule has 1 aromatic heterocycles. The monoisotopic (exact) mass is 231 g/mol. The van der Waals surface area contributed by atoms with Crippen molar-refractivity contribution < 1.29 is 24.4 Å². The fourth-order valence-corrected chi connectivity index (χ4v) is 1.06. The molecule has 1 aromatic carbocycles. The number of aromatic nitrogens is 1. The Labute approximate surface area is 85.1 Å². The standard InChI is InChI=1S/C8H7NO.H3O4P/c10-8-5-6-3-1-2-4-7(6)9-8;1-5(2,3)4/h1-5,9-10H;(H3,1,2,3,4). The highest BCUT2D eigenvalue weighted by molar-refractivity contribution is 7.45. The average molecular weight is 231 g/mol. The number of hydrogen-bond acceptors (Lipinski definition) is 2. The van der Waals surface area contributed by atoms with Crippen molar-refractivity contribution >= 4 is 18.7 Å². The van der Waals surface area contributed by atoms with Gasteiger partial charge in [-0.3, -0.25) is 0 Å². The van der Waals surface area contributed by atoms with Gasteiger partial charge in [-0.25, -0.2) is 4.57 Å². The van der Waals surface area contributed by atoms with Gasteiger partial charge >= 0.3 is 7.82 Å². The van der Waals surface area contributed by atoms with Gasteiger partial charge in [0.05, 0.1) is 0 Å². The van der Waals surface area contributed by atoms with Crippen LogP contribution < -0.4 is 0 Å². The highest BCUT2D eigenvalue weighted by Crippen LogP contribution is 2.25. The van der Waals surface area contributed by atoms with Crippen LogP contribution in [0.1, 0.15) is 0 Å². The third kappa shape index (κ3) is 4.62. The minimum Gasteiger partial charge on any atom is -0.495 e. The highest BCUT2D eigenvalue weighted by Gasteiger charge is 2.00. The minimum atomic E-state index is -4.64. The van der Waals surface area contributed by atoms with Gasteiger partial charge in [0.15, 0.2) is 5.88 Å². The lowest BCUT2D eigenvalue weighted by Crippen LogP contribution is -1.66. The first-order valence-corrected chi connectivity index (χ1v) is 5.48. The summed E-state index contributed by atoms with van der Waals surface area (Å²) in [5, 5.41) is 10.0. The van der Waals surface area contributed by atoms with E-state index in [2.05, 4.69) is 4.98 Å². The molecule has 0 radical (unpaired) electrons. The molecule has 82 valence electrons. The van der Waals surface area contributed by atoms with Gasteiger partial charge in [-0.1, -0.05) is 18.2 Å². The molecule has 0 bridgehead atoms. The van der Waals surface area contributed by atoms with Crippen LogP contribution in [0.5, 0.6) is 5.88 Å². The Bertz CT molecular complexity index is 447. The predicted molar refractivity (Wildman–Crippen MR) is 54.2 cm³/mol. The lowest BCUT2D eigenvalue weighted by molar-refractivity contribution is 0.275. The second-order valence-corrected chi connectivity index (χ2v) is 3.78. The summed E-state index contributed by atoms with van der Waals surface area (Å²) < 4.78 is 8.88. The van der Waals surface area contributed by atoms with E-state index < -0.39 is 7.82 Å². The van der Waals surface area contributed by atoms with Gasteiger partial charge in [0, 0.05) is 17.0 Å². The minimum absolute atomic E-state index is 0.223. The molecule has 0 saturated carbocycles. The van der Waals surface area contributed by atoms with Crippen LogP contribution in [0.25, 0.3) is 10.9 Å². The van der Waals surface area contributed by atoms with E-state index in [1.54, 1.807) is 6.07 Å². The second kappa shape index (κ2) is 4.46. The number of phosphoric acid groups is 1. The number of hydrogen-bond donors (Lipinski definition) is 5. The van der Waals surface area contributed by atoms with Gasteiger partial charge in [-0.05, 0) is 6.07 Å². The summed E-state index contributed by atoms with van der Waals surface area (Å²) in [6, 6.07) is 9.45. The summed E-state index contributed by atoms with van der Waals surface area (Å²) in [6.45, 7) is 0. The topological polar surface area (TPSA) is 114 Å². The van der Waals surface area contributed by atoms with Crippen molar-refractivity contribution in [2.24, 2.45) is 0 Å². The smallest absolute Gasteiger partial charge is 0.466 e. The van der Waals surface area contributed by atoms with Crippen LogP contribution in [0.2, 0.25) is 0 Å². The highest BCUT2D eigenvalue weighted by atomic mass is 31.2. The molecule has 2 aromatic rings. The number of aromatic amines is 1. The molecule has 0 aliphatic carbocycles. The van der Waals surface area contributed by atoms with Crippen LogP contribution in [-0.2, 0) is 4.57 Å². The molecule has 6 nitrogen and oxygen atoms in total. The van der Waals surface area contributed by atoms with Gasteiger partial charge < -0.3 is 24.8 Å². The summed E-state index contributed by atoms with van der Waals surface area (Å²) in [5.41, 5.74) is 0.972. The van der Waals surface area contributed by atoms with E-state index in [0.717, 1.165) is 10.9 Å². The Morgan fingerprint density at radius 1 is 1.13 bits per heavy atom. The van der Waals surface area contributed by atoms with E-state index in [1.807, 2.05) is 24.3 Å². The maximum Gasteiger partial charge on any atom is 0.466 e. The van der Waals surface area contributed by atoms with Crippen molar-refractivity contribution in [1.29, 1.82) is 0 Å². The zero-order valence-corrected chi connectivity index (χ0v) is 8.43. The second-order valence-electron chi connectivity index (χ2n) is 2.76. The van der Waals surface area contributed by atoms with Crippen LogP contribution in [0, 0.1) is 0 Å². The number of fused-ring (bicyclic) bond motifs is 1. The maximum absolute atomic E-state index is 9.00. The molecule has 0 aliphatic rings. The fourth-order valence-electron chi connectivity index (χ4n) is 1.06.